The highest BCUT2D eigenvalue weighted by Crippen LogP contribution is 2.23. The van der Waals surface area contributed by atoms with Crippen molar-refractivity contribution < 1.29 is 0 Å². The van der Waals surface area contributed by atoms with Gasteiger partial charge in [-0.2, -0.15) is 5.26 Å². The van der Waals surface area contributed by atoms with Gasteiger partial charge in [-0.15, -0.1) is 0 Å². The van der Waals surface area contributed by atoms with Gasteiger partial charge in [0.2, 0.25) is 0 Å². The minimum atomic E-state index is 0.688. The molecule has 0 saturated heterocycles. The molecule has 2 aromatic rings. The molecule has 0 radical (unpaired) electrons. The number of rotatable bonds is 2. The molecule has 1 heterocycles. The monoisotopic (exact) mass is 260 g/mol. The zero-order valence-corrected chi connectivity index (χ0v) is 9.66. The minimum Gasteiger partial charge on any atom is -0.319 e. The topological polar surface area (TPSA) is 28.7 Å². The summed E-state index contributed by atoms with van der Waals surface area (Å²) in [6, 6.07) is 10.0. The lowest BCUT2D eigenvalue weighted by molar-refractivity contribution is 1.16. The maximum Gasteiger partial charge on any atom is 0.101 e. The van der Waals surface area contributed by atoms with E-state index in [1.807, 2.05) is 35.0 Å². The highest BCUT2D eigenvalue weighted by atomic mass is 79.9. The number of para-hydroxylation sites is 1. The summed E-state index contributed by atoms with van der Waals surface area (Å²) in [5.74, 6) is 0. The Bertz CT molecular complexity index is 560. The van der Waals surface area contributed by atoms with E-state index in [-0.39, 0.29) is 0 Å². The number of hydrogen-bond acceptors (Lipinski definition) is 1. The molecule has 0 aliphatic heterocycles. The molecule has 0 spiro atoms. The fourth-order valence-corrected chi connectivity index (χ4v) is 1.86. The maximum absolute atomic E-state index is 9.00. The van der Waals surface area contributed by atoms with Gasteiger partial charge in [0.25, 0.3) is 0 Å². The van der Waals surface area contributed by atoms with E-state index in [9.17, 15) is 0 Å². The van der Waals surface area contributed by atoms with Crippen molar-refractivity contribution >= 4 is 32.5 Å². The molecule has 0 bridgehead atoms. The van der Waals surface area contributed by atoms with Crippen LogP contribution in [-0.2, 0) is 0 Å². The largest absolute Gasteiger partial charge is 0.319 e. The number of aromatic nitrogens is 1. The summed E-state index contributed by atoms with van der Waals surface area (Å²) >= 11 is 3.37. The fraction of sp³-hybridized carbons (Fsp3) is 0.0833. The summed E-state index contributed by atoms with van der Waals surface area (Å²) in [4.78, 5) is 0. The highest BCUT2D eigenvalue weighted by Gasteiger charge is 2.08. The molecule has 15 heavy (non-hydrogen) atoms. The third kappa shape index (κ3) is 1.57. The lowest BCUT2D eigenvalue weighted by Gasteiger charge is -2.04. The molecule has 2 nitrogen and oxygen atoms in total. The van der Waals surface area contributed by atoms with Crippen LogP contribution in [0.1, 0.15) is 5.56 Å². The van der Waals surface area contributed by atoms with Crippen molar-refractivity contribution in [2.24, 2.45) is 0 Å². The summed E-state index contributed by atoms with van der Waals surface area (Å²) in [6.45, 7) is 3.95. The summed E-state index contributed by atoms with van der Waals surface area (Å²) < 4.78 is 1.95. The second-order valence-electron chi connectivity index (χ2n) is 3.24. The number of benzene rings is 1. The van der Waals surface area contributed by atoms with Crippen LogP contribution in [0.25, 0.3) is 16.6 Å². The van der Waals surface area contributed by atoms with Gasteiger partial charge in [-0.3, -0.25) is 0 Å². The first-order chi connectivity index (χ1) is 7.27. The van der Waals surface area contributed by atoms with E-state index < -0.39 is 0 Å². The van der Waals surface area contributed by atoms with Gasteiger partial charge in [0.05, 0.1) is 11.1 Å². The fourth-order valence-electron chi connectivity index (χ4n) is 1.59. The van der Waals surface area contributed by atoms with E-state index >= 15 is 0 Å². The Balaban J connectivity index is 2.77. The van der Waals surface area contributed by atoms with Crippen LogP contribution in [0.4, 0.5) is 0 Å². The van der Waals surface area contributed by atoms with Crippen LogP contribution in [0.3, 0.4) is 0 Å². The molecular weight excluding hydrogens is 252 g/mol. The second-order valence-corrected chi connectivity index (χ2v) is 3.80. The Morgan fingerprint density at radius 1 is 1.47 bits per heavy atom. The normalized spacial score (nSPS) is 10.1. The molecule has 0 aliphatic carbocycles. The lowest BCUT2D eigenvalue weighted by Crippen LogP contribution is -1.93. The van der Waals surface area contributed by atoms with Gasteiger partial charge in [0, 0.05) is 22.6 Å². The van der Waals surface area contributed by atoms with E-state index in [1.165, 1.54) is 0 Å². The summed E-state index contributed by atoms with van der Waals surface area (Å²) in [5.41, 5.74) is 2.64. The van der Waals surface area contributed by atoms with Gasteiger partial charge >= 0.3 is 0 Å². The van der Waals surface area contributed by atoms with Crippen molar-refractivity contribution in [3.8, 4) is 6.07 Å². The SMILES string of the molecule is C=C(CBr)n1cc(C#N)c2ccccc21. The van der Waals surface area contributed by atoms with Crippen molar-refractivity contribution in [1.82, 2.24) is 4.57 Å². The third-order valence-corrected chi connectivity index (χ3v) is 2.97. The van der Waals surface area contributed by atoms with Crippen LogP contribution in [0.5, 0.6) is 0 Å². The van der Waals surface area contributed by atoms with Gasteiger partial charge in [0.15, 0.2) is 0 Å². The average molecular weight is 261 g/mol. The summed E-state index contributed by atoms with van der Waals surface area (Å²) in [5, 5.41) is 10.7. The maximum atomic E-state index is 9.00. The predicted octanol–water partition coefficient (Wildman–Crippen LogP) is 3.38. The predicted molar refractivity (Wildman–Crippen MR) is 65.8 cm³/mol. The summed E-state index contributed by atoms with van der Waals surface area (Å²) in [6.07, 6.45) is 1.83. The van der Waals surface area contributed by atoms with E-state index in [0.29, 0.717) is 10.9 Å². The van der Waals surface area contributed by atoms with Crippen LogP contribution >= 0.6 is 15.9 Å². The van der Waals surface area contributed by atoms with Gasteiger partial charge in [-0.1, -0.05) is 40.7 Å². The third-order valence-electron chi connectivity index (χ3n) is 2.33. The van der Waals surface area contributed by atoms with Gasteiger partial charge in [-0.05, 0) is 6.07 Å². The number of hydrogen-bond donors (Lipinski definition) is 0. The number of alkyl halides is 1. The first-order valence-corrected chi connectivity index (χ1v) is 5.64. The Hall–Kier alpha value is -1.53. The molecule has 0 amide bonds. The average Bonchev–Trinajstić information content (AvgIpc) is 2.67. The molecule has 1 aromatic heterocycles. The molecule has 1 aromatic carbocycles. The molecule has 3 heteroatoms. The van der Waals surface area contributed by atoms with Crippen molar-refractivity contribution in [2.75, 3.05) is 5.33 Å². The first kappa shape index (κ1) is 10.0. The molecule has 74 valence electrons. The molecule has 0 aliphatic rings. The lowest BCUT2D eigenvalue weighted by atomic mass is 10.2. The van der Waals surface area contributed by atoms with E-state index in [4.69, 9.17) is 5.26 Å². The number of nitrogens with zero attached hydrogens (tertiary/aromatic N) is 2. The molecule has 0 saturated carbocycles. The smallest absolute Gasteiger partial charge is 0.101 e. The van der Waals surface area contributed by atoms with Crippen LogP contribution in [0, 0.1) is 11.3 Å². The van der Waals surface area contributed by atoms with Crippen molar-refractivity contribution in [3.63, 3.8) is 0 Å². The molecule has 2 rings (SSSR count). The standard InChI is InChI=1S/C12H9BrN2/c1-9(6-13)15-8-10(7-14)11-4-2-3-5-12(11)15/h2-5,8H,1,6H2. The minimum absolute atomic E-state index is 0.688. The number of halogens is 1. The quantitative estimate of drug-likeness (QED) is 0.762. The number of nitriles is 1. The van der Waals surface area contributed by atoms with E-state index in [1.54, 1.807) is 0 Å². The molecule has 0 atom stereocenters. The van der Waals surface area contributed by atoms with Crippen LogP contribution in [-0.4, -0.2) is 9.90 Å². The van der Waals surface area contributed by atoms with Gasteiger partial charge < -0.3 is 4.57 Å². The van der Waals surface area contributed by atoms with E-state index in [0.717, 1.165) is 16.6 Å². The number of allylic oxidation sites excluding steroid dienone is 1. The Morgan fingerprint density at radius 3 is 2.87 bits per heavy atom. The van der Waals surface area contributed by atoms with Gasteiger partial charge in [-0.25, -0.2) is 0 Å². The van der Waals surface area contributed by atoms with Crippen LogP contribution in [0.15, 0.2) is 37.0 Å². The Labute approximate surface area is 96.6 Å². The molecular formula is C12H9BrN2. The second kappa shape index (κ2) is 3.92. The van der Waals surface area contributed by atoms with Crippen LogP contribution in [0.2, 0.25) is 0 Å². The molecule has 0 unspecified atom stereocenters. The molecule has 0 fully saturated rings. The summed E-state index contributed by atoms with van der Waals surface area (Å²) in [7, 11) is 0. The first-order valence-electron chi connectivity index (χ1n) is 4.52. The Morgan fingerprint density at radius 2 is 2.20 bits per heavy atom. The van der Waals surface area contributed by atoms with Crippen LogP contribution < -0.4 is 0 Å². The van der Waals surface area contributed by atoms with Crippen molar-refractivity contribution in [2.45, 2.75) is 0 Å². The zero-order valence-electron chi connectivity index (χ0n) is 8.07. The van der Waals surface area contributed by atoms with Crippen molar-refractivity contribution in [1.29, 1.82) is 5.26 Å². The Kier molecular flexibility index (Phi) is 2.61. The van der Waals surface area contributed by atoms with Gasteiger partial charge in [0.1, 0.15) is 6.07 Å². The zero-order chi connectivity index (χ0) is 10.8. The van der Waals surface area contributed by atoms with Crippen molar-refractivity contribution in [3.05, 3.63) is 42.6 Å². The molecule has 0 N–H and O–H groups in total. The highest BCUT2D eigenvalue weighted by molar-refractivity contribution is 9.09. The van der Waals surface area contributed by atoms with E-state index in [2.05, 4.69) is 28.6 Å². The number of fused-ring (bicyclic) bond motifs is 1.